The smallest absolute Gasteiger partial charge is 0.265 e. The SMILES string of the molecule is COc1ccc(OC(C)C(=O)Nc2cccc(-c3ccc(N4CCCCCC4)nn3)c2)cc1. The summed E-state index contributed by atoms with van der Waals surface area (Å²) in [6.45, 7) is 3.79. The van der Waals surface area contributed by atoms with Gasteiger partial charge in [0.25, 0.3) is 5.91 Å². The Morgan fingerprint density at radius 1 is 0.939 bits per heavy atom. The molecule has 3 aromatic rings. The van der Waals surface area contributed by atoms with E-state index < -0.39 is 6.10 Å². The maximum Gasteiger partial charge on any atom is 0.265 e. The van der Waals surface area contributed by atoms with E-state index in [1.165, 1.54) is 25.7 Å². The van der Waals surface area contributed by atoms with Crippen LogP contribution < -0.4 is 19.7 Å². The number of methoxy groups -OCH3 is 1. The van der Waals surface area contributed by atoms with Gasteiger partial charge in [0.2, 0.25) is 0 Å². The Bertz CT molecular complexity index is 1050. The second-order valence-electron chi connectivity index (χ2n) is 8.18. The van der Waals surface area contributed by atoms with E-state index in [9.17, 15) is 4.79 Å². The van der Waals surface area contributed by atoms with Crippen LogP contribution in [0.5, 0.6) is 11.5 Å². The summed E-state index contributed by atoms with van der Waals surface area (Å²) in [5, 5.41) is 11.8. The molecule has 7 heteroatoms. The summed E-state index contributed by atoms with van der Waals surface area (Å²) in [7, 11) is 1.61. The van der Waals surface area contributed by atoms with E-state index in [1.54, 1.807) is 38.3 Å². The predicted octanol–water partition coefficient (Wildman–Crippen LogP) is 4.94. The van der Waals surface area contributed by atoms with Gasteiger partial charge in [0.1, 0.15) is 11.5 Å². The Kier molecular flexibility index (Phi) is 7.40. The molecule has 1 unspecified atom stereocenters. The van der Waals surface area contributed by atoms with E-state index in [1.807, 2.05) is 36.4 Å². The van der Waals surface area contributed by atoms with Gasteiger partial charge in [-0.15, -0.1) is 10.2 Å². The highest BCUT2D eigenvalue weighted by Gasteiger charge is 2.16. The molecule has 0 radical (unpaired) electrons. The normalized spacial score (nSPS) is 14.8. The fourth-order valence-corrected chi connectivity index (χ4v) is 3.86. The number of nitrogens with zero attached hydrogens (tertiary/aromatic N) is 3. The second kappa shape index (κ2) is 10.8. The van der Waals surface area contributed by atoms with Crippen LogP contribution in [0.3, 0.4) is 0 Å². The van der Waals surface area contributed by atoms with Crippen molar-refractivity contribution in [3.05, 3.63) is 60.7 Å². The van der Waals surface area contributed by atoms with Gasteiger partial charge >= 0.3 is 0 Å². The highest BCUT2D eigenvalue weighted by molar-refractivity contribution is 5.94. The number of carbonyl (C=O) groups excluding carboxylic acids is 1. The lowest BCUT2D eigenvalue weighted by atomic mass is 10.1. The van der Waals surface area contributed by atoms with Crippen LogP contribution in [0, 0.1) is 0 Å². The molecule has 0 saturated carbocycles. The van der Waals surface area contributed by atoms with Crippen LogP contribution in [-0.4, -0.2) is 42.4 Å². The maximum atomic E-state index is 12.6. The van der Waals surface area contributed by atoms with E-state index in [0.717, 1.165) is 35.9 Å². The van der Waals surface area contributed by atoms with Crippen LogP contribution in [0.2, 0.25) is 0 Å². The highest BCUT2D eigenvalue weighted by atomic mass is 16.5. The van der Waals surface area contributed by atoms with Gasteiger partial charge in [-0.1, -0.05) is 25.0 Å². The molecule has 33 heavy (non-hydrogen) atoms. The quantitative estimate of drug-likeness (QED) is 0.554. The summed E-state index contributed by atoms with van der Waals surface area (Å²) in [5.41, 5.74) is 2.35. The minimum Gasteiger partial charge on any atom is -0.497 e. The van der Waals surface area contributed by atoms with Gasteiger partial charge in [0, 0.05) is 24.3 Å². The molecule has 1 fully saturated rings. The number of carbonyl (C=O) groups is 1. The number of hydrogen-bond donors (Lipinski definition) is 1. The molecule has 2 heterocycles. The Labute approximate surface area is 194 Å². The zero-order valence-corrected chi connectivity index (χ0v) is 19.2. The third-order valence-corrected chi connectivity index (χ3v) is 5.75. The maximum absolute atomic E-state index is 12.6. The van der Waals surface area contributed by atoms with Crippen molar-refractivity contribution in [2.45, 2.75) is 38.7 Å². The van der Waals surface area contributed by atoms with Gasteiger partial charge in [-0.25, -0.2) is 0 Å². The molecule has 2 aromatic carbocycles. The average Bonchev–Trinajstić information content (AvgIpc) is 3.14. The molecule has 1 aromatic heterocycles. The first-order valence-corrected chi connectivity index (χ1v) is 11.4. The van der Waals surface area contributed by atoms with Gasteiger partial charge in [0.05, 0.1) is 12.8 Å². The van der Waals surface area contributed by atoms with Crippen LogP contribution in [0.1, 0.15) is 32.6 Å². The molecule has 1 atom stereocenters. The third-order valence-electron chi connectivity index (χ3n) is 5.75. The first-order chi connectivity index (χ1) is 16.1. The van der Waals surface area contributed by atoms with Gasteiger partial charge in [-0.3, -0.25) is 4.79 Å². The zero-order chi connectivity index (χ0) is 23.0. The minimum atomic E-state index is -0.658. The van der Waals surface area contributed by atoms with Crippen molar-refractivity contribution in [3.63, 3.8) is 0 Å². The van der Waals surface area contributed by atoms with Gasteiger partial charge in [0.15, 0.2) is 11.9 Å². The van der Waals surface area contributed by atoms with Gasteiger partial charge in [-0.05, 0) is 68.3 Å². The van der Waals surface area contributed by atoms with Crippen LogP contribution >= 0.6 is 0 Å². The van der Waals surface area contributed by atoms with Crippen molar-refractivity contribution in [1.82, 2.24) is 10.2 Å². The number of benzene rings is 2. The molecule has 0 aliphatic carbocycles. The number of rotatable bonds is 7. The molecular formula is C26H30N4O3. The molecule has 1 N–H and O–H groups in total. The van der Waals surface area contributed by atoms with E-state index in [2.05, 4.69) is 20.4 Å². The third kappa shape index (κ3) is 6.00. The van der Waals surface area contributed by atoms with Crippen LogP contribution in [0.25, 0.3) is 11.3 Å². The Morgan fingerprint density at radius 2 is 1.67 bits per heavy atom. The fraction of sp³-hybridized carbons (Fsp3) is 0.346. The summed E-state index contributed by atoms with van der Waals surface area (Å²) >= 11 is 0. The topological polar surface area (TPSA) is 76.6 Å². The first kappa shape index (κ1) is 22.6. The van der Waals surface area contributed by atoms with E-state index >= 15 is 0 Å². The lowest BCUT2D eigenvalue weighted by Gasteiger charge is -2.20. The van der Waals surface area contributed by atoms with Crippen molar-refractivity contribution in [1.29, 1.82) is 0 Å². The molecule has 172 valence electrons. The van der Waals surface area contributed by atoms with Gasteiger partial charge in [-0.2, -0.15) is 0 Å². The summed E-state index contributed by atoms with van der Waals surface area (Å²) < 4.78 is 10.9. The molecule has 1 amide bonds. The van der Waals surface area contributed by atoms with Crippen LogP contribution in [0.4, 0.5) is 11.5 Å². The molecular weight excluding hydrogens is 416 g/mol. The summed E-state index contributed by atoms with van der Waals surface area (Å²) in [6.07, 6.45) is 4.31. The molecule has 1 aliphatic heterocycles. The molecule has 4 rings (SSSR count). The first-order valence-electron chi connectivity index (χ1n) is 11.4. The Balaban J connectivity index is 1.39. The van der Waals surface area contributed by atoms with Crippen molar-refractivity contribution >= 4 is 17.4 Å². The largest absolute Gasteiger partial charge is 0.497 e. The monoisotopic (exact) mass is 446 g/mol. The van der Waals surface area contributed by atoms with E-state index in [4.69, 9.17) is 9.47 Å². The van der Waals surface area contributed by atoms with E-state index in [0.29, 0.717) is 11.4 Å². The number of anilines is 2. The molecule has 0 bridgehead atoms. The average molecular weight is 447 g/mol. The lowest BCUT2D eigenvalue weighted by Crippen LogP contribution is -2.30. The number of nitrogens with one attached hydrogen (secondary N) is 1. The van der Waals surface area contributed by atoms with Crippen molar-refractivity contribution in [2.24, 2.45) is 0 Å². The molecule has 0 spiro atoms. The number of aromatic nitrogens is 2. The minimum absolute atomic E-state index is 0.231. The fourth-order valence-electron chi connectivity index (χ4n) is 3.86. The summed E-state index contributed by atoms with van der Waals surface area (Å²) in [5.74, 6) is 2.03. The molecule has 1 saturated heterocycles. The number of amides is 1. The van der Waals surface area contributed by atoms with Crippen LogP contribution in [-0.2, 0) is 4.79 Å². The molecule has 1 aliphatic rings. The Morgan fingerprint density at radius 3 is 2.33 bits per heavy atom. The second-order valence-corrected chi connectivity index (χ2v) is 8.18. The number of hydrogen-bond acceptors (Lipinski definition) is 6. The van der Waals surface area contributed by atoms with Crippen LogP contribution in [0.15, 0.2) is 60.7 Å². The van der Waals surface area contributed by atoms with Crippen molar-refractivity contribution in [3.8, 4) is 22.8 Å². The van der Waals surface area contributed by atoms with Gasteiger partial charge < -0.3 is 19.7 Å². The summed E-state index contributed by atoms with van der Waals surface area (Å²) in [4.78, 5) is 15.0. The number of ether oxygens (including phenoxy) is 2. The summed E-state index contributed by atoms with van der Waals surface area (Å²) in [6, 6.07) is 18.8. The highest BCUT2D eigenvalue weighted by Crippen LogP contribution is 2.24. The Hall–Kier alpha value is -3.61. The molecule has 7 nitrogen and oxygen atoms in total. The zero-order valence-electron chi connectivity index (χ0n) is 19.2. The van der Waals surface area contributed by atoms with Crippen molar-refractivity contribution in [2.75, 3.05) is 30.4 Å². The van der Waals surface area contributed by atoms with Crippen molar-refractivity contribution < 1.29 is 14.3 Å². The van der Waals surface area contributed by atoms with E-state index in [-0.39, 0.29) is 5.91 Å². The standard InChI is InChI=1S/C26H30N4O3/c1-19(33-23-12-10-22(32-2)11-13-23)26(31)27-21-9-7-8-20(18-21)24-14-15-25(29-28-24)30-16-5-3-4-6-17-30/h7-15,18-19H,3-6,16-17H2,1-2H3,(H,27,31). The lowest BCUT2D eigenvalue weighted by molar-refractivity contribution is -0.122. The predicted molar refractivity (Wildman–Crippen MR) is 130 cm³/mol.